The van der Waals surface area contributed by atoms with Crippen molar-refractivity contribution >= 4 is 11.9 Å². The lowest BCUT2D eigenvalue weighted by molar-refractivity contribution is -0.141. The van der Waals surface area contributed by atoms with Crippen LogP contribution in [0.3, 0.4) is 0 Å². The molecule has 0 radical (unpaired) electrons. The van der Waals surface area contributed by atoms with Crippen LogP contribution in [0.2, 0.25) is 0 Å². The van der Waals surface area contributed by atoms with Gasteiger partial charge in [-0.3, -0.25) is 9.59 Å². The fourth-order valence-corrected chi connectivity index (χ4v) is 1.32. The first kappa shape index (κ1) is 14.9. The summed E-state index contributed by atoms with van der Waals surface area (Å²) in [7, 11) is 0. The maximum Gasteiger partial charge on any atom is 0.306 e. The first-order valence-corrected chi connectivity index (χ1v) is 5.75. The van der Waals surface area contributed by atoms with Crippen LogP contribution in [0, 0.1) is 5.92 Å². The van der Waals surface area contributed by atoms with E-state index in [1.54, 1.807) is 6.92 Å². The Kier molecular flexibility index (Phi) is 7.54. The average Bonchev–Trinajstić information content (AvgIpc) is 2.23. The number of nitrogens with one attached hydrogen (secondary N) is 1. The fourth-order valence-electron chi connectivity index (χ4n) is 1.32. The van der Waals surface area contributed by atoms with E-state index < -0.39 is 12.0 Å². The molecule has 0 aromatic rings. The normalized spacial score (nSPS) is 14.2. The van der Waals surface area contributed by atoms with E-state index in [4.69, 9.17) is 10.8 Å². The Morgan fingerprint density at radius 2 is 2.00 bits per heavy atom. The number of hydrogen-bond acceptors (Lipinski definition) is 3. The molecule has 0 saturated carbocycles. The molecule has 0 bridgehead atoms. The minimum absolute atomic E-state index is 0.148. The summed E-state index contributed by atoms with van der Waals surface area (Å²) in [5, 5.41) is 11.3. The first-order valence-electron chi connectivity index (χ1n) is 5.75. The smallest absolute Gasteiger partial charge is 0.306 e. The summed E-state index contributed by atoms with van der Waals surface area (Å²) in [5.74, 6) is -1.31. The van der Waals surface area contributed by atoms with Gasteiger partial charge >= 0.3 is 5.97 Å². The van der Waals surface area contributed by atoms with Crippen LogP contribution in [0.25, 0.3) is 0 Å². The largest absolute Gasteiger partial charge is 0.481 e. The van der Waals surface area contributed by atoms with Gasteiger partial charge in [0.2, 0.25) is 5.91 Å². The zero-order valence-corrected chi connectivity index (χ0v) is 10.0. The van der Waals surface area contributed by atoms with E-state index in [9.17, 15) is 9.59 Å². The van der Waals surface area contributed by atoms with Crippen molar-refractivity contribution in [3.05, 3.63) is 0 Å². The monoisotopic (exact) mass is 230 g/mol. The van der Waals surface area contributed by atoms with Crippen molar-refractivity contribution in [2.45, 2.75) is 45.6 Å². The number of carbonyl (C=O) groups is 2. The summed E-state index contributed by atoms with van der Waals surface area (Å²) in [4.78, 5) is 21.9. The van der Waals surface area contributed by atoms with Crippen molar-refractivity contribution in [2.75, 3.05) is 6.54 Å². The van der Waals surface area contributed by atoms with Gasteiger partial charge in [-0.05, 0) is 19.3 Å². The molecule has 0 rings (SSSR count). The van der Waals surface area contributed by atoms with Crippen LogP contribution in [0.5, 0.6) is 0 Å². The topological polar surface area (TPSA) is 92.4 Å². The van der Waals surface area contributed by atoms with Crippen molar-refractivity contribution in [3.8, 4) is 0 Å². The van der Waals surface area contributed by atoms with Gasteiger partial charge in [-0.15, -0.1) is 0 Å². The number of carboxylic acid groups (broad SMARTS) is 1. The van der Waals surface area contributed by atoms with Gasteiger partial charge in [0.25, 0.3) is 0 Å². The van der Waals surface area contributed by atoms with Gasteiger partial charge < -0.3 is 16.2 Å². The van der Waals surface area contributed by atoms with E-state index >= 15 is 0 Å². The molecule has 4 N–H and O–H groups in total. The molecule has 16 heavy (non-hydrogen) atoms. The number of rotatable bonds is 8. The molecule has 0 fully saturated rings. The molecule has 0 saturated heterocycles. The molecule has 2 atom stereocenters. The van der Waals surface area contributed by atoms with Crippen LogP contribution in [0.4, 0.5) is 0 Å². The molecule has 0 heterocycles. The second-order valence-electron chi connectivity index (χ2n) is 4.07. The summed E-state index contributed by atoms with van der Waals surface area (Å²) in [6.07, 6.45) is 2.79. The fraction of sp³-hybridized carbons (Fsp3) is 0.818. The third kappa shape index (κ3) is 6.40. The summed E-state index contributed by atoms with van der Waals surface area (Å²) >= 11 is 0. The lowest BCUT2D eigenvalue weighted by Gasteiger charge is -2.11. The van der Waals surface area contributed by atoms with E-state index in [2.05, 4.69) is 5.32 Å². The zero-order chi connectivity index (χ0) is 12.6. The predicted octanol–water partition coefficient (Wildman–Crippen LogP) is 0.731. The van der Waals surface area contributed by atoms with E-state index in [-0.39, 0.29) is 11.8 Å². The van der Waals surface area contributed by atoms with Gasteiger partial charge in [0.05, 0.1) is 12.0 Å². The van der Waals surface area contributed by atoms with Gasteiger partial charge in [-0.2, -0.15) is 0 Å². The molecule has 1 unspecified atom stereocenters. The minimum Gasteiger partial charge on any atom is -0.481 e. The lowest BCUT2D eigenvalue weighted by atomic mass is 10.1. The summed E-state index contributed by atoms with van der Waals surface area (Å²) < 4.78 is 0. The Balaban J connectivity index is 3.58. The molecule has 0 spiro atoms. The zero-order valence-electron chi connectivity index (χ0n) is 10.0. The molecule has 94 valence electrons. The van der Waals surface area contributed by atoms with Gasteiger partial charge in [-0.25, -0.2) is 0 Å². The number of nitrogens with two attached hydrogens (primary N) is 1. The molecule has 0 aliphatic carbocycles. The highest BCUT2D eigenvalue weighted by molar-refractivity contribution is 5.81. The highest BCUT2D eigenvalue weighted by Gasteiger charge is 2.12. The van der Waals surface area contributed by atoms with Crippen molar-refractivity contribution in [1.82, 2.24) is 5.32 Å². The second kappa shape index (κ2) is 8.10. The molecule has 0 aromatic heterocycles. The molecule has 0 aliphatic rings. The number of hydrogen-bond donors (Lipinski definition) is 3. The number of carbonyl (C=O) groups excluding carboxylic acids is 1. The lowest BCUT2D eigenvalue weighted by Crippen LogP contribution is -2.40. The second-order valence-corrected chi connectivity index (χ2v) is 4.07. The van der Waals surface area contributed by atoms with E-state index in [1.807, 2.05) is 6.92 Å². The van der Waals surface area contributed by atoms with Crippen molar-refractivity contribution in [3.63, 3.8) is 0 Å². The maximum atomic E-state index is 11.4. The Morgan fingerprint density at radius 1 is 1.38 bits per heavy atom. The average molecular weight is 230 g/mol. The molecule has 1 amide bonds. The highest BCUT2D eigenvalue weighted by atomic mass is 16.4. The van der Waals surface area contributed by atoms with Crippen molar-refractivity contribution < 1.29 is 14.7 Å². The molecule has 5 nitrogen and oxygen atoms in total. The van der Waals surface area contributed by atoms with Crippen LogP contribution in [-0.4, -0.2) is 29.6 Å². The van der Waals surface area contributed by atoms with Gasteiger partial charge in [0, 0.05) is 6.54 Å². The molecule has 5 heteroatoms. The Morgan fingerprint density at radius 3 is 2.50 bits per heavy atom. The van der Waals surface area contributed by atoms with Crippen LogP contribution in [0.1, 0.15) is 39.5 Å². The first-order chi connectivity index (χ1) is 7.49. The summed E-state index contributed by atoms with van der Waals surface area (Å²) in [6.45, 7) is 4.13. The van der Waals surface area contributed by atoms with Crippen molar-refractivity contribution in [2.24, 2.45) is 11.7 Å². The maximum absolute atomic E-state index is 11.4. The Labute approximate surface area is 96.4 Å². The van der Waals surface area contributed by atoms with Gasteiger partial charge in [0.15, 0.2) is 0 Å². The molecule has 0 aromatic carbocycles. The van der Waals surface area contributed by atoms with Crippen LogP contribution in [0.15, 0.2) is 0 Å². The highest BCUT2D eigenvalue weighted by Crippen LogP contribution is 2.04. The predicted molar refractivity (Wildman–Crippen MR) is 61.9 cm³/mol. The number of aliphatic carboxylic acids is 1. The third-order valence-corrected chi connectivity index (χ3v) is 2.47. The van der Waals surface area contributed by atoms with Gasteiger partial charge in [-0.1, -0.05) is 20.3 Å². The quantitative estimate of drug-likeness (QED) is 0.536. The molecule has 0 aliphatic heterocycles. The van der Waals surface area contributed by atoms with Gasteiger partial charge in [0.1, 0.15) is 0 Å². The number of carboxylic acids is 1. The van der Waals surface area contributed by atoms with E-state index in [0.29, 0.717) is 25.8 Å². The molecular weight excluding hydrogens is 208 g/mol. The van der Waals surface area contributed by atoms with Crippen LogP contribution >= 0.6 is 0 Å². The third-order valence-electron chi connectivity index (χ3n) is 2.47. The SMILES string of the molecule is CCC[C@H](N)C(=O)NCCCC(C)C(=O)O. The Bertz CT molecular complexity index is 231. The Hall–Kier alpha value is -1.10. The standard InChI is InChI=1S/C11H22N2O3/c1-3-5-9(12)10(14)13-7-4-6-8(2)11(15)16/h8-9H,3-7,12H2,1-2H3,(H,13,14)(H,15,16)/t8?,9-/m0/s1. The summed E-state index contributed by atoms with van der Waals surface area (Å²) in [6, 6.07) is -0.443. The van der Waals surface area contributed by atoms with E-state index in [0.717, 1.165) is 6.42 Å². The molecular formula is C11H22N2O3. The number of amides is 1. The van der Waals surface area contributed by atoms with Crippen molar-refractivity contribution in [1.29, 1.82) is 0 Å². The van der Waals surface area contributed by atoms with Crippen LogP contribution in [-0.2, 0) is 9.59 Å². The summed E-state index contributed by atoms with van der Waals surface area (Å²) in [5.41, 5.74) is 5.61. The minimum atomic E-state index is -0.797. The van der Waals surface area contributed by atoms with Crippen LogP contribution < -0.4 is 11.1 Å². The van der Waals surface area contributed by atoms with E-state index in [1.165, 1.54) is 0 Å².